The van der Waals surface area contributed by atoms with Crippen LogP contribution in [0.2, 0.25) is 0 Å². The molecule has 1 aliphatic heterocycles. The smallest absolute Gasteiger partial charge is 0.0631 e. The second kappa shape index (κ2) is 6.38. The zero-order valence-corrected chi connectivity index (χ0v) is 13.4. The molecule has 2 atom stereocenters. The van der Waals surface area contributed by atoms with Crippen molar-refractivity contribution in [2.75, 3.05) is 6.54 Å². The molecule has 1 aromatic carbocycles. The SMILES string of the molecule is CC1(C)CCC(CC(CN)Cc2ccc(Br)cc2)O1. The molecule has 0 saturated carbocycles. The van der Waals surface area contributed by atoms with Crippen molar-refractivity contribution in [2.45, 2.75) is 51.2 Å². The van der Waals surface area contributed by atoms with Gasteiger partial charge in [-0.25, -0.2) is 0 Å². The molecule has 2 unspecified atom stereocenters. The average molecular weight is 326 g/mol. The number of halogens is 1. The van der Waals surface area contributed by atoms with Gasteiger partial charge in [-0.1, -0.05) is 28.1 Å². The Kier molecular flexibility index (Phi) is 5.04. The lowest BCUT2D eigenvalue weighted by Crippen LogP contribution is -2.25. The van der Waals surface area contributed by atoms with E-state index in [4.69, 9.17) is 10.5 Å². The van der Waals surface area contributed by atoms with Crippen LogP contribution >= 0.6 is 15.9 Å². The van der Waals surface area contributed by atoms with Crippen molar-refractivity contribution in [3.63, 3.8) is 0 Å². The lowest BCUT2D eigenvalue weighted by molar-refractivity contribution is -0.0240. The highest BCUT2D eigenvalue weighted by molar-refractivity contribution is 9.10. The first-order chi connectivity index (χ1) is 8.98. The minimum absolute atomic E-state index is 0.0570. The number of benzene rings is 1. The summed E-state index contributed by atoms with van der Waals surface area (Å²) < 4.78 is 7.20. The van der Waals surface area contributed by atoms with Gasteiger partial charge < -0.3 is 10.5 Å². The zero-order chi connectivity index (χ0) is 13.9. The molecule has 106 valence electrons. The van der Waals surface area contributed by atoms with Crippen LogP contribution in [0.1, 0.15) is 38.7 Å². The van der Waals surface area contributed by atoms with Gasteiger partial charge in [0.05, 0.1) is 11.7 Å². The molecule has 19 heavy (non-hydrogen) atoms. The van der Waals surface area contributed by atoms with Crippen molar-refractivity contribution in [1.82, 2.24) is 0 Å². The normalized spacial score (nSPS) is 23.5. The first kappa shape index (κ1) is 15.0. The molecule has 0 bridgehead atoms. The summed E-state index contributed by atoms with van der Waals surface area (Å²) in [7, 11) is 0. The highest BCUT2D eigenvalue weighted by atomic mass is 79.9. The number of hydrogen-bond acceptors (Lipinski definition) is 2. The predicted octanol–water partition coefficient (Wildman–Crippen LogP) is 3.91. The largest absolute Gasteiger partial charge is 0.372 e. The van der Waals surface area contributed by atoms with E-state index in [-0.39, 0.29) is 5.60 Å². The summed E-state index contributed by atoms with van der Waals surface area (Å²) in [5.41, 5.74) is 7.35. The lowest BCUT2D eigenvalue weighted by Gasteiger charge is -2.22. The van der Waals surface area contributed by atoms with E-state index in [1.165, 1.54) is 12.0 Å². The first-order valence-corrected chi connectivity index (χ1v) is 7.90. The third kappa shape index (κ3) is 4.59. The number of rotatable bonds is 5. The van der Waals surface area contributed by atoms with Gasteiger partial charge in [-0.2, -0.15) is 0 Å². The van der Waals surface area contributed by atoms with Gasteiger partial charge in [-0.15, -0.1) is 0 Å². The Morgan fingerprint density at radius 1 is 1.37 bits per heavy atom. The molecule has 1 aromatic rings. The van der Waals surface area contributed by atoms with Gasteiger partial charge in [0.15, 0.2) is 0 Å². The van der Waals surface area contributed by atoms with Gasteiger partial charge in [0.25, 0.3) is 0 Å². The summed E-state index contributed by atoms with van der Waals surface area (Å²) in [6.07, 6.45) is 4.84. The Labute approximate surface area is 124 Å². The summed E-state index contributed by atoms with van der Waals surface area (Å²) in [5, 5.41) is 0. The number of hydrogen-bond donors (Lipinski definition) is 1. The summed E-state index contributed by atoms with van der Waals surface area (Å²) >= 11 is 3.47. The van der Waals surface area contributed by atoms with Gasteiger partial charge in [-0.05, 0) is 69.7 Å². The van der Waals surface area contributed by atoms with E-state index < -0.39 is 0 Å². The molecule has 0 spiro atoms. The molecule has 2 rings (SSSR count). The van der Waals surface area contributed by atoms with Crippen LogP contribution in [0.3, 0.4) is 0 Å². The second-order valence-corrected chi connectivity index (χ2v) is 7.12. The topological polar surface area (TPSA) is 35.2 Å². The third-order valence-corrected chi connectivity index (χ3v) is 4.45. The lowest BCUT2D eigenvalue weighted by atomic mass is 9.92. The van der Waals surface area contributed by atoms with Crippen LogP contribution in [0.25, 0.3) is 0 Å². The van der Waals surface area contributed by atoms with Gasteiger partial charge in [0.1, 0.15) is 0 Å². The molecular weight excluding hydrogens is 302 g/mol. The van der Waals surface area contributed by atoms with E-state index in [0.717, 1.165) is 30.3 Å². The Morgan fingerprint density at radius 2 is 2.05 bits per heavy atom. The highest BCUT2D eigenvalue weighted by Crippen LogP contribution is 2.33. The summed E-state index contributed by atoms with van der Waals surface area (Å²) in [6, 6.07) is 8.54. The van der Waals surface area contributed by atoms with Crippen molar-refractivity contribution in [1.29, 1.82) is 0 Å². The van der Waals surface area contributed by atoms with Crippen molar-refractivity contribution < 1.29 is 4.74 Å². The highest BCUT2D eigenvalue weighted by Gasteiger charge is 2.32. The monoisotopic (exact) mass is 325 g/mol. The standard InChI is InChI=1S/C16H24BrNO/c1-16(2)8-7-15(19-16)10-13(11-18)9-12-3-5-14(17)6-4-12/h3-6,13,15H,7-11,18H2,1-2H3. The van der Waals surface area contributed by atoms with E-state index in [9.17, 15) is 0 Å². The molecule has 1 aliphatic rings. The van der Waals surface area contributed by atoms with Crippen molar-refractivity contribution in [3.05, 3.63) is 34.3 Å². The van der Waals surface area contributed by atoms with E-state index >= 15 is 0 Å². The molecule has 0 radical (unpaired) electrons. The fourth-order valence-electron chi connectivity index (χ4n) is 2.83. The zero-order valence-electron chi connectivity index (χ0n) is 11.9. The van der Waals surface area contributed by atoms with Gasteiger partial charge in [0.2, 0.25) is 0 Å². The Bertz CT molecular complexity index is 402. The second-order valence-electron chi connectivity index (χ2n) is 6.21. The van der Waals surface area contributed by atoms with Crippen molar-refractivity contribution in [2.24, 2.45) is 11.7 Å². The van der Waals surface area contributed by atoms with Crippen LogP contribution in [0.15, 0.2) is 28.7 Å². The first-order valence-electron chi connectivity index (χ1n) is 7.11. The Morgan fingerprint density at radius 3 is 2.58 bits per heavy atom. The molecule has 0 aromatic heterocycles. The van der Waals surface area contributed by atoms with E-state index in [1.54, 1.807) is 0 Å². The maximum Gasteiger partial charge on any atom is 0.0631 e. The molecule has 3 heteroatoms. The molecule has 0 amide bonds. The van der Waals surface area contributed by atoms with Crippen molar-refractivity contribution >= 4 is 15.9 Å². The quantitative estimate of drug-likeness (QED) is 0.890. The minimum atomic E-state index is 0.0570. The molecule has 1 heterocycles. The molecular formula is C16H24BrNO. The van der Waals surface area contributed by atoms with Crippen LogP contribution < -0.4 is 5.73 Å². The van der Waals surface area contributed by atoms with Crippen molar-refractivity contribution in [3.8, 4) is 0 Å². The average Bonchev–Trinajstić information content (AvgIpc) is 2.70. The fraction of sp³-hybridized carbons (Fsp3) is 0.625. The summed E-state index contributed by atoms with van der Waals surface area (Å²) in [6.45, 7) is 5.09. The van der Waals surface area contributed by atoms with Gasteiger partial charge in [0, 0.05) is 4.47 Å². The fourth-order valence-corrected chi connectivity index (χ4v) is 3.10. The molecule has 1 fully saturated rings. The maximum atomic E-state index is 6.07. The van der Waals surface area contributed by atoms with E-state index in [2.05, 4.69) is 54.0 Å². The summed E-state index contributed by atoms with van der Waals surface area (Å²) in [5.74, 6) is 0.514. The maximum absolute atomic E-state index is 6.07. The van der Waals surface area contributed by atoms with Gasteiger partial charge in [-0.3, -0.25) is 0 Å². The molecule has 0 aliphatic carbocycles. The van der Waals surface area contributed by atoms with E-state index in [0.29, 0.717) is 12.0 Å². The van der Waals surface area contributed by atoms with Crippen LogP contribution in [0.5, 0.6) is 0 Å². The molecule has 2 nitrogen and oxygen atoms in total. The van der Waals surface area contributed by atoms with Gasteiger partial charge >= 0.3 is 0 Å². The van der Waals surface area contributed by atoms with Crippen LogP contribution in [-0.4, -0.2) is 18.2 Å². The van der Waals surface area contributed by atoms with Crippen LogP contribution in [-0.2, 0) is 11.2 Å². The number of nitrogens with two attached hydrogens (primary N) is 1. The van der Waals surface area contributed by atoms with Crippen LogP contribution in [0.4, 0.5) is 0 Å². The summed E-state index contributed by atoms with van der Waals surface area (Å²) in [4.78, 5) is 0. The predicted molar refractivity (Wildman–Crippen MR) is 83.2 cm³/mol. The molecule has 2 N–H and O–H groups in total. The minimum Gasteiger partial charge on any atom is -0.372 e. The third-order valence-electron chi connectivity index (χ3n) is 3.92. The Balaban J connectivity index is 1.88. The molecule has 1 saturated heterocycles. The van der Waals surface area contributed by atoms with Crippen LogP contribution in [0, 0.1) is 5.92 Å². The number of ether oxygens (including phenoxy) is 1. The Hall–Kier alpha value is -0.380. The van der Waals surface area contributed by atoms with E-state index in [1.807, 2.05) is 0 Å².